The number of ether oxygens (including phenoxy) is 3. The van der Waals surface area contributed by atoms with Crippen molar-refractivity contribution in [2.24, 2.45) is 0 Å². The average molecular weight is 625 g/mol. The fraction of sp³-hybridized carbons (Fsp3) is 0.306. The van der Waals surface area contributed by atoms with E-state index in [9.17, 15) is 13.2 Å². The molecule has 232 valence electrons. The van der Waals surface area contributed by atoms with Gasteiger partial charge in [-0.25, -0.2) is 13.4 Å². The Balaban J connectivity index is 1.53. The highest BCUT2D eigenvalue weighted by atomic mass is 32.2. The van der Waals surface area contributed by atoms with Crippen molar-refractivity contribution in [1.82, 2.24) is 9.97 Å². The molecular formula is C36H36N2O6S. The molecule has 3 aromatic carbocycles. The number of rotatable bonds is 8. The summed E-state index contributed by atoms with van der Waals surface area (Å²) in [5, 5.41) is 1.80. The number of carbonyl (C=O) groups is 1. The molecule has 0 bridgehead atoms. The summed E-state index contributed by atoms with van der Waals surface area (Å²) in [6, 6.07) is 18.4. The van der Waals surface area contributed by atoms with Crippen LogP contribution in [0, 0.1) is 6.92 Å². The van der Waals surface area contributed by atoms with Gasteiger partial charge in [-0.05, 0) is 105 Å². The first-order valence-electron chi connectivity index (χ1n) is 14.9. The zero-order valence-corrected chi connectivity index (χ0v) is 27.1. The number of carbonyl (C=O) groups excluding carboxylic acids is 1. The van der Waals surface area contributed by atoms with Gasteiger partial charge in [0, 0.05) is 41.3 Å². The van der Waals surface area contributed by atoms with Gasteiger partial charge in [0.25, 0.3) is 0 Å². The van der Waals surface area contributed by atoms with E-state index in [2.05, 4.69) is 0 Å². The Morgan fingerprint density at radius 2 is 1.87 bits per heavy atom. The Bertz CT molecular complexity index is 2070. The van der Waals surface area contributed by atoms with Gasteiger partial charge in [0.1, 0.15) is 18.5 Å². The summed E-state index contributed by atoms with van der Waals surface area (Å²) in [6.45, 7) is 10.1. The number of hydrogen-bond acceptors (Lipinski definition) is 8. The van der Waals surface area contributed by atoms with Gasteiger partial charge < -0.3 is 14.2 Å². The molecule has 45 heavy (non-hydrogen) atoms. The van der Waals surface area contributed by atoms with Crippen molar-refractivity contribution in [3.63, 3.8) is 0 Å². The largest absolute Gasteiger partial charge is 0.493 e. The molecule has 0 fully saturated rings. The molecule has 8 nitrogen and oxygen atoms in total. The Labute approximate surface area is 263 Å². The number of aromatic nitrogens is 2. The number of benzene rings is 3. The Morgan fingerprint density at radius 1 is 1.07 bits per heavy atom. The molecule has 0 N–H and O–H groups in total. The summed E-state index contributed by atoms with van der Waals surface area (Å²) in [4.78, 5) is 23.2. The lowest BCUT2D eigenvalue weighted by molar-refractivity contribution is -0.138. The molecule has 3 heterocycles. The molecule has 6 rings (SSSR count). The topological polar surface area (TPSA) is 105 Å². The molecule has 0 radical (unpaired) electrons. The molecule has 1 aliphatic heterocycles. The van der Waals surface area contributed by atoms with Crippen LogP contribution in [-0.4, -0.2) is 42.6 Å². The Hall–Kier alpha value is -4.34. The minimum absolute atomic E-state index is 0.100. The van der Waals surface area contributed by atoms with E-state index >= 15 is 0 Å². The van der Waals surface area contributed by atoms with Crippen LogP contribution in [0.15, 0.2) is 71.8 Å². The maximum Gasteiger partial charge on any atom is 0.214 e. The minimum atomic E-state index is -3.34. The van der Waals surface area contributed by atoms with Crippen molar-refractivity contribution in [3.05, 3.63) is 89.1 Å². The van der Waals surface area contributed by atoms with Crippen LogP contribution < -0.4 is 9.47 Å². The highest BCUT2D eigenvalue weighted by molar-refractivity contribution is 7.90. The molecule has 0 spiro atoms. The molecule has 1 atom stereocenters. The fourth-order valence-corrected chi connectivity index (χ4v) is 6.63. The Kier molecular flexibility index (Phi) is 7.87. The smallest absolute Gasteiger partial charge is 0.214 e. The molecule has 9 heteroatoms. The highest BCUT2D eigenvalue weighted by Gasteiger charge is 2.31. The summed E-state index contributed by atoms with van der Waals surface area (Å²) >= 11 is 0. The van der Waals surface area contributed by atoms with Crippen LogP contribution in [0.3, 0.4) is 0 Å². The van der Waals surface area contributed by atoms with E-state index in [-0.39, 0.29) is 17.3 Å². The molecule has 0 saturated heterocycles. The lowest BCUT2D eigenvalue weighted by atomic mass is 9.86. The highest BCUT2D eigenvalue weighted by Crippen LogP contribution is 2.45. The SMILES string of the molecule is CC(=O)C(OC(C)(C)C)c1c(C)cc2nc(OCc3cccc(S(C)(=O)=O)c3)ccc2c1-c1ccc2c3c(ccnc13)CCO2. The molecular weight excluding hydrogens is 588 g/mol. The number of sulfone groups is 1. The van der Waals surface area contributed by atoms with Crippen molar-refractivity contribution >= 4 is 37.4 Å². The number of ketones is 1. The first kappa shape index (κ1) is 30.7. The second-order valence-corrected chi connectivity index (χ2v) is 14.5. The first-order valence-corrected chi connectivity index (χ1v) is 16.8. The molecule has 1 unspecified atom stereocenters. The third-order valence-corrected chi connectivity index (χ3v) is 8.98. The predicted octanol–water partition coefficient (Wildman–Crippen LogP) is 7.12. The molecule has 0 aliphatic carbocycles. The lowest BCUT2D eigenvalue weighted by Crippen LogP contribution is -2.27. The molecule has 5 aromatic rings. The van der Waals surface area contributed by atoms with Crippen LogP contribution in [0.5, 0.6) is 11.6 Å². The maximum absolute atomic E-state index is 13.2. The van der Waals surface area contributed by atoms with Crippen LogP contribution >= 0.6 is 0 Å². The number of aryl methyl sites for hydroxylation is 1. The standard InChI is InChI=1S/C36H36N2O6S/c1-21-18-28-26(11-13-30(38-28)43-20-23-8-7-9-25(19-23)45(6,40)41)33(31(21)35(22(2)39)44-36(3,4)5)27-10-12-29-32-24(15-17-42-29)14-16-37-34(27)32/h7-14,16,18-19,35H,15,17,20H2,1-6H3. The summed E-state index contributed by atoms with van der Waals surface area (Å²) < 4.78 is 42.5. The summed E-state index contributed by atoms with van der Waals surface area (Å²) in [5.74, 6) is 1.09. The van der Waals surface area contributed by atoms with Crippen LogP contribution in [0.1, 0.15) is 56.1 Å². The zero-order valence-electron chi connectivity index (χ0n) is 26.3. The monoisotopic (exact) mass is 624 g/mol. The first-order chi connectivity index (χ1) is 21.3. The summed E-state index contributed by atoms with van der Waals surface area (Å²) in [6.07, 6.45) is 2.98. The maximum atomic E-state index is 13.2. The number of hydrogen-bond donors (Lipinski definition) is 0. The van der Waals surface area contributed by atoms with Gasteiger partial charge in [0.05, 0.1) is 28.1 Å². The van der Waals surface area contributed by atoms with E-state index < -0.39 is 21.5 Å². The van der Waals surface area contributed by atoms with Gasteiger partial charge in [-0.15, -0.1) is 0 Å². The lowest BCUT2D eigenvalue weighted by Gasteiger charge is -2.30. The number of Topliss-reactive ketones (excluding diaryl/α,β-unsaturated/α-hetero) is 1. The average Bonchev–Trinajstić information content (AvgIpc) is 2.98. The van der Waals surface area contributed by atoms with Crippen molar-refractivity contribution in [2.45, 2.75) is 64.2 Å². The third-order valence-electron chi connectivity index (χ3n) is 7.87. The minimum Gasteiger partial charge on any atom is -0.493 e. The number of pyridine rings is 2. The van der Waals surface area contributed by atoms with Crippen LogP contribution in [0.25, 0.3) is 32.9 Å². The van der Waals surface area contributed by atoms with E-state index in [1.165, 1.54) is 11.8 Å². The molecule has 0 saturated carbocycles. The molecule has 0 amide bonds. The van der Waals surface area contributed by atoms with Gasteiger partial charge in [0.2, 0.25) is 5.88 Å². The third kappa shape index (κ3) is 6.15. The van der Waals surface area contributed by atoms with Gasteiger partial charge in [-0.3, -0.25) is 9.78 Å². The Morgan fingerprint density at radius 3 is 2.60 bits per heavy atom. The number of fused-ring (bicyclic) bond motifs is 1. The van der Waals surface area contributed by atoms with Gasteiger partial charge in [-0.2, -0.15) is 0 Å². The fourth-order valence-electron chi connectivity index (χ4n) is 5.94. The van der Waals surface area contributed by atoms with E-state index in [0.29, 0.717) is 23.6 Å². The van der Waals surface area contributed by atoms with Crippen molar-refractivity contribution in [3.8, 4) is 22.8 Å². The van der Waals surface area contributed by atoms with Crippen LogP contribution in [-0.2, 0) is 32.4 Å². The van der Waals surface area contributed by atoms with Gasteiger partial charge in [0.15, 0.2) is 15.6 Å². The normalized spacial score (nSPS) is 13.9. The number of nitrogens with zero attached hydrogens (tertiary/aromatic N) is 2. The van der Waals surface area contributed by atoms with Crippen LogP contribution in [0.4, 0.5) is 0 Å². The van der Waals surface area contributed by atoms with E-state index in [0.717, 1.165) is 50.7 Å². The summed E-state index contributed by atoms with van der Waals surface area (Å²) in [7, 11) is -3.34. The van der Waals surface area contributed by atoms with E-state index in [4.69, 9.17) is 24.2 Å². The van der Waals surface area contributed by atoms with Gasteiger partial charge >= 0.3 is 0 Å². The molecule has 1 aliphatic rings. The van der Waals surface area contributed by atoms with E-state index in [1.54, 1.807) is 31.2 Å². The van der Waals surface area contributed by atoms with Crippen molar-refractivity contribution in [2.75, 3.05) is 12.9 Å². The van der Waals surface area contributed by atoms with Crippen molar-refractivity contribution < 1.29 is 27.4 Å². The van der Waals surface area contributed by atoms with Crippen molar-refractivity contribution in [1.29, 1.82) is 0 Å². The predicted molar refractivity (Wildman–Crippen MR) is 175 cm³/mol. The van der Waals surface area contributed by atoms with Gasteiger partial charge in [-0.1, -0.05) is 12.1 Å². The zero-order chi connectivity index (χ0) is 32.1. The van der Waals surface area contributed by atoms with Crippen LogP contribution in [0.2, 0.25) is 0 Å². The second kappa shape index (κ2) is 11.5. The summed E-state index contributed by atoms with van der Waals surface area (Å²) in [5.41, 5.74) is 6.10. The van der Waals surface area contributed by atoms with E-state index in [1.807, 2.05) is 70.3 Å². The molecule has 2 aromatic heterocycles. The second-order valence-electron chi connectivity index (χ2n) is 12.5. The quantitative estimate of drug-likeness (QED) is 0.180.